The van der Waals surface area contributed by atoms with Gasteiger partial charge in [0.05, 0.1) is 11.8 Å². The standard InChI is InChI=1S/C9H11NO2/c10-5-6-3-8(11)7-1-2-12-9(7)4-6/h1-2,6H,3-5,10H2. The van der Waals surface area contributed by atoms with Gasteiger partial charge in [0.1, 0.15) is 5.76 Å². The maximum atomic E-state index is 11.4. The first-order valence-corrected chi connectivity index (χ1v) is 4.11. The normalized spacial score (nSPS) is 22.4. The minimum absolute atomic E-state index is 0.167. The summed E-state index contributed by atoms with van der Waals surface area (Å²) in [7, 11) is 0. The Kier molecular flexibility index (Phi) is 1.73. The molecule has 64 valence electrons. The van der Waals surface area contributed by atoms with Crippen LogP contribution in [0.5, 0.6) is 0 Å². The van der Waals surface area contributed by atoms with Crippen LogP contribution in [0.4, 0.5) is 0 Å². The Morgan fingerprint density at radius 2 is 2.42 bits per heavy atom. The number of hydrogen-bond donors (Lipinski definition) is 1. The van der Waals surface area contributed by atoms with Gasteiger partial charge in [0.2, 0.25) is 0 Å². The average Bonchev–Trinajstić information content (AvgIpc) is 2.52. The second-order valence-corrected chi connectivity index (χ2v) is 3.19. The highest BCUT2D eigenvalue weighted by atomic mass is 16.3. The van der Waals surface area contributed by atoms with E-state index in [1.807, 2.05) is 0 Å². The van der Waals surface area contributed by atoms with Crippen LogP contribution in [0.2, 0.25) is 0 Å². The van der Waals surface area contributed by atoms with Crippen LogP contribution in [0.1, 0.15) is 22.5 Å². The fraction of sp³-hybridized carbons (Fsp3) is 0.444. The lowest BCUT2D eigenvalue weighted by atomic mass is 9.88. The molecule has 1 atom stereocenters. The fourth-order valence-electron chi connectivity index (χ4n) is 1.62. The molecular weight excluding hydrogens is 154 g/mol. The van der Waals surface area contributed by atoms with Gasteiger partial charge in [-0.15, -0.1) is 0 Å². The summed E-state index contributed by atoms with van der Waals surface area (Å²) in [4.78, 5) is 11.4. The first-order valence-electron chi connectivity index (χ1n) is 4.11. The zero-order chi connectivity index (χ0) is 8.55. The molecule has 0 radical (unpaired) electrons. The molecule has 0 aliphatic heterocycles. The van der Waals surface area contributed by atoms with E-state index in [-0.39, 0.29) is 11.7 Å². The van der Waals surface area contributed by atoms with Crippen LogP contribution in [0.25, 0.3) is 0 Å². The van der Waals surface area contributed by atoms with E-state index in [4.69, 9.17) is 10.2 Å². The van der Waals surface area contributed by atoms with Crippen molar-refractivity contribution >= 4 is 5.78 Å². The van der Waals surface area contributed by atoms with Crippen molar-refractivity contribution in [3.8, 4) is 0 Å². The molecule has 3 heteroatoms. The molecule has 0 bridgehead atoms. The fourth-order valence-corrected chi connectivity index (χ4v) is 1.62. The van der Waals surface area contributed by atoms with E-state index < -0.39 is 0 Å². The maximum absolute atomic E-state index is 11.4. The molecule has 0 amide bonds. The lowest BCUT2D eigenvalue weighted by Crippen LogP contribution is -2.25. The monoisotopic (exact) mass is 165 g/mol. The van der Waals surface area contributed by atoms with Crippen LogP contribution < -0.4 is 5.73 Å². The summed E-state index contributed by atoms with van der Waals surface area (Å²) >= 11 is 0. The number of carbonyl (C=O) groups is 1. The number of carbonyl (C=O) groups excluding carboxylic acids is 1. The largest absolute Gasteiger partial charge is 0.469 e. The predicted molar refractivity (Wildman–Crippen MR) is 43.9 cm³/mol. The Morgan fingerprint density at radius 1 is 1.58 bits per heavy atom. The summed E-state index contributed by atoms with van der Waals surface area (Å²) in [6, 6.07) is 1.74. The Morgan fingerprint density at radius 3 is 3.17 bits per heavy atom. The van der Waals surface area contributed by atoms with E-state index >= 15 is 0 Å². The zero-order valence-corrected chi connectivity index (χ0v) is 6.75. The van der Waals surface area contributed by atoms with Crippen LogP contribution in [0.3, 0.4) is 0 Å². The lowest BCUT2D eigenvalue weighted by Gasteiger charge is -2.17. The van der Waals surface area contributed by atoms with Gasteiger partial charge in [-0.25, -0.2) is 0 Å². The van der Waals surface area contributed by atoms with Crippen molar-refractivity contribution in [3.05, 3.63) is 23.7 Å². The second-order valence-electron chi connectivity index (χ2n) is 3.19. The van der Waals surface area contributed by atoms with Crippen molar-refractivity contribution in [1.29, 1.82) is 0 Å². The molecule has 0 fully saturated rings. The average molecular weight is 165 g/mol. The SMILES string of the molecule is NCC1CC(=O)c2ccoc2C1. The van der Waals surface area contributed by atoms with E-state index in [2.05, 4.69) is 0 Å². The molecule has 3 nitrogen and oxygen atoms in total. The summed E-state index contributed by atoms with van der Waals surface area (Å²) < 4.78 is 5.18. The van der Waals surface area contributed by atoms with Gasteiger partial charge in [-0.2, -0.15) is 0 Å². The van der Waals surface area contributed by atoms with Gasteiger partial charge < -0.3 is 10.2 Å². The van der Waals surface area contributed by atoms with Gasteiger partial charge in [-0.3, -0.25) is 4.79 Å². The molecule has 2 rings (SSSR count). The van der Waals surface area contributed by atoms with Crippen LogP contribution in [0, 0.1) is 5.92 Å². The van der Waals surface area contributed by atoms with Gasteiger partial charge in [-0.1, -0.05) is 0 Å². The summed E-state index contributed by atoms with van der Waals surface area (Å²) in [5.74, 6) is 1.25. The molecule has 1 aliphatic carbocycles. The smallest absolute Gasteiger partial charge is 0.166 e. The number of ketones is 1. The third-order valence-electron chi connectivity index (χ3n) is 2.33. The summed E-state index contributed by atoms with van der Waals surface area (Å²) in [5.41, 5.74) is 6.25. The zero-order valence-electron chi connectivity index (χ0n) is 6.75. The first kappa shape index (κ1) is 7.55. The minimum Gasteiger partial charge on any atom is -0.469 e. The van der Waals surface area contributed by atoms with Crippen molar-refractivity contribution < 1.29 is 9.21 Å². The van der Waals surface area contributed by atoms with Crippen molar-refractivity contribution in [3.63, 3.8) is 0 Å². The number of nitrogens with two attached hydrogens (primary N) is 1. The number of fused-ring (bicyclic) bond motifs is 1. The van der Waals surface area contributed by atoms with E-state index in [9.17, 15) is 4.79 Å². The van der Waals surface area contributed by atoms with Crippen molar-refractivity contribution in [2.45, 2.75) is 12.8 Å². The molecule has 1 aromatic heterocycles. The first-order chi connectivity index (χ1) is 5.81. The van der Waals surface area contributed by atoms with Crippen molar-refractivity contribution in [1.82, 2.24) is 0 Å². The molecule has 2 N–H and O–H groups in total. The van der Waals surface area contributed by atoms with Gasteiger partial charge in [0.15, 0.2) is 5.78 Å². The highest BCUT2D eigenvalue weighted by Gasteiger charge is 2.26. The predicted octanol–water partition coefficient (Wildman–Crippen LogP) is 0.983. The molecule has 0 aromatic carbocycles. The number of furan rings is 1. The Bertz CT molecular complexity index is 303. The highest BCUT2D eigenvalue weighted by molar-refractivity contribution is 5.98. The Balaban J connectivity index is 2.32. The van der Waals surface area contributed by atoms with E-state index in [0.717, 1.165) is 17.7 Å². The lowest BCUT2D eigenvalue weighted by molar-refractivity contribution is 0.0946. The third kappa shape index (κ3) is 1.06. The van der Waals surface area contributed by atoms with Crippen molar-refractivity contribution in [2.75, 3.05) is 6.54 Å². The number of Topliss-reactive ketones (excluding diaryl/α,β-unsaturated/α-hetero) is 1. The van der Waals surface area contributed by atoms with Crippen LogP contribution in [0.15, 0.2) is 16.7 Å². The molecule has 12 heavy (non-hydrogen) atoms. The van der Waals surface area contributed by atoms with E-state index in [1.165, 1.54) is 0 Å². The molecule has 1 heterocycles. The maximum Gasteiger partial charge on any atom is 0.166 e. The molecule has 1 unspecified atom stereocenters. The number of rotatable bonds is 1. The van der Waals surface area contributed by atoms with E-state index in [0.29, 0.717) is 13.0 Å². The van der Waals surface area contributed by atoms with Crippen LogP contribution in [-0.2, 0) is 6.42 Å². The summed E-state index contributed by atoms with van der Waals surface area (Å²) in [6.07, 6.45) is 2.95. The molecule has 0 saturated carbocycles. The van der Waals surface area contributed by atoms with Gasteiger partial charge >= 0.3 is 0 Å². The topological polar surface area (TPSA) is 56.2 Å². The summed E-state index contributed by atoms with van der Waals surface area (Å²) in [5, 5.41) is 0. The Labute approximate surface area is 70.5 Å². The quantitative estimate of drug-likeness (QED) is 0.675. The summed E-state index contributed by atoms with van der Waals surface area (Å²) in [6.45, 7) is 0.561. The second kappa shape index (κ2) is 2.75. The van der Waals surface area contributed by atoms with Gasteiger partial charge in [0.25, 0.3) is 0 Å². The Hall–Kier alpha value is -1.09. The molecule has 0 saturated heterocycles. The van der Waals surface area contributed by atoms with E-state index in [1.54, 1.807) is 12.3 Å². The molecule has 1 aliphatic rings. The molecule has 0 spiro atoms. The number of hydrogen-bond acceptors (Lipinski definition) is 3. The van der Waals surface area contributed by atoms with Crippen LogP contribution in [-0.4, -0.2) is 12.3 Å². The molecular formula is C9H11NO2. The van der Waals surface area contributed by atoms with Crippen molar-refractivity contribution in [2.24, 2.45) is 11.7 Å². The van der Waals surface area contributed by atoms with Gasteiger partial charge in [0, 0.05) is 12.8 Å². The highest BCUT2D eigenvalue weighted by Crippen LogP contribution is 2.25. The van der Waals surface area contributed by atoms with Crippen LogP contribution >= 0.6 is 0 Å². The third-order valence-corrected chi connectivity index (χ3v) is 2.33. The van der Waals surface area contributed by atoms with Gasteiger partial charge in [-0.05, 0) is 18.5 Å². The minimum atomic E-state index is 0.167. The molecule has 1 aromatic rings.